The maximum Gasteiger partial charge on any atom is 0.167 e. The molecule has 2 rings (SSSR count). The van der Waals surface area contributed by atoms with E-state index in [-0.39, 0.29) is 24.3 Å². The Balaban J connectivity index is 2.22. The van der Waals surface area contributed by atoms with Crippen molar-refractivity contribution in [3.05, 3.63) is 64.2 Å². The molecule has 0 bridgehead atoms. The number of nitrogens with two attached hydrogens (primary N) is 1. The van der Waals surface area contributed by atoms with Crippen molar-refractivity contribution in [3.63, 3.8) is 0 Å². The molecule has 0 amide bonds. The Morgan fingerprint density at radius 3 is 2.84 bits per heavy atom. The van der Waals surface area contributed by atoms with Gasteiger partial charge in [0.05, 0.1) is 5.69 Å². The first-order valence-corrected chi connectivity index (χ1v) is 6.10. The van der Waals surface area contributed by atoms with Crippen LogP contribution in [0, 0.1) is 5.82 Å². The zero-order valence-corrected chi connectivity index (χ0v) is 10.8. The summed E-state index contributed by atoms with van der Waals surface area (Å²) in [7, 11) is 0. The highest BCUT2D eigenvalue weighted by molar-refractivity contribution is 6.30. The fourth-order valence-corrected chi connectivity index (χ4v) is 1.91. The first-order valence-electron chi connectivity index (χ1n) is 5.72. The number of halogens is 2. The summed E-state index contributed by atoms with van der Waals surface area (Å²) in [6.07, 6.45) is 1.48. The smallest absolute Gasteiger partial charge is 0.167 e. The Kier molecular flexibility index (Phi) is 4.24. The number of carbonyl (C=O) groups excluding carboxylic acids is 1. The Morgan fingerprint density at radius 1 is 1.32 bits per heavy atom. The molecule has 0 aliphatic rings. The first kappa shape index (κ1) is 13.6. The van der Waals surface area contributed by atoms with Crippen LogP contribution in [-0.2, 0) is 13.0 Å². The van der Waals surface area contributed by atoms with Gasteiger partial charge in [-0.1, -0.05) is 11.6 Å². The molecule has 0 saturated heterocycles. The van der Waals surface area contributed by atoms with Crippen LogP contribution in [-0.4, -0.2) is 10.8 Å². The van der Waals surface area contributed by atoms with E-state index in [1.807, 2.05) is 0 Å². The van der Waals surface area contributed by atoms with E-state index < -0.39 is 5.82 Å². The van der Waals surface area contributed by atoms with E-state index in [1.54, 1.807) is 12.1 Å². The van der Waals surface area contributed by atoms with E-state index in [2.05, 4.69) is 4.98 Å². The van der Waals surface area contributed by atoms with Crippen molar-refractivity contribution in [2.75, 3.05) is 0 Å². The number of carbonyl (C=O) groups is 1. The van der Waals surface area contributed by atoms with E-state index in [0.29, 0.717) is 16.3 Å². The van der Waals surface area contributed by atoms with Crippen LogP contribution in [0.1, 0.15) is 21.6 Å². The molecule has 1 aromatic heterocycles. The van der Waals surface area contributed by atoms with Crippen LogP contribution in [0.4, 0.5) is 4.39 Å². The van der Waals surface area contributed by atoms with Crippen LogP contribution in [0.25, 0.3) is 0 Å². The summed E-state index contributed by atoms with van der Waals surface area (Å²) in [5, 5.41) is 0.404. The lowest BCUT2D eigenvalue weighted by atomic mass is 10.0. The van der Waals surface area contributed by atoms with Crippen LogP contribution in [0.15, 0.2) is 36.5 Å². The van der Waals surface area contributed by atoms with Crippen molar-refractivity contribution >= 4 is 17.4 Å². The average molecular weight is 279 g/mol. The van der Waals surface area contributed by atoms with Crippen LogP contribution < -0.4 is 5.73 Å². The van der Waals surface area contributed by atoms with Crippen molar-refractivity contribution in [3.8, 4) is 0 Å². The third-order valence-electron chi connectivity index (χ3n) is 2.71. The van der Waals surface area contributed by atoms with Gasteiger partial charge in [-0.3, -0.25) is 9.78 Å². The van der Waals surface area contributed by atoms with Crippen molar-refractivity contribution in [2.45, 2.75) is 13.0 Å². The van der Waals surface area contributed by atoms with Crippen LogP contribution in [0.3, 0.4) is 0 Å². The molecule has 0 atom stereocenters. The van der Waals surface area contributed by atoms with E-state index in [0.717, 1.165) is 0 Å². The van der Waals surface area contributed by atoms with Crippen molar-refractivity contribution < 1.29 is 9.18 Å². The summed E-state index contributed by atoms with van der Waals surface area (Å²) in [5.41, 5.74) is 6.84. The van der Waals surface area contributed by atoms with Crippen molar-refractivity contribution in [2.24, 2.45) is 5.73 Å². The lowest BCUT2D eigenvalue weighted by Crippen LogP contribution is -2.08. The highest BCUT2D eigenvalue weighted by Crippen LogP contribution is 2.17. The SMILES string of the molecule is NCc1cc(C(=O)Cc2cc(Cl)ccc2F)ccn1. The number of Topliss-reactive ketones (excluding diaryl/α,β-unsaturated/α-hetero) is 1. The molecular weight excluding hydrogens is 267 g/mol. The number of hydrogen-bond donors (Lipinski definition) is 1. The van der Waals surface area contributed by atoms with Gasteiger partial charge >= 0.3 is 0 Å². The van der Waals surface area contributed by atoms with Crippen LogP contribution in [0.5, 0.6) is 0 Å². The minimum absolute atomic E-state index is 0.0413. The third-order valence-corrected chi connectivity index (χ3v) is 2.94. The molecule has 0 spiro atoms. The van der Waals surface area contributed by atoms with Crippen molar-refractivity contribution in [1.29, 1.82) is 0 Å². The molecule has 0 radical (unpaired) electrons. The lowest BCUT2D eigenvalue weighted by Gasteiger charge is -2.05. The van der Waals surface area contributed by atoms with Gasteiger partial charge in [0.15, 0.2) is 5.78 Å². The largest absolute Gasteiger partial charge is 0.325 e. The maximum atomic E-state index is 13.5. The molecule has 0 saturated carbocycles. The van der Waals surface area contributed by atoms with Crippen LogP contribution in [0.2, 0.25) is 5.02 Å². The highest BCUT2D eigenvalue weighted by atomic mass is 35.5. The average Bonchev–Trinajstić information content (AvgIpc) is 2.43. The number of aromatic nitrogens is 1. The Morgan fingerprint density at radius 2 is 2.11 bits per heavy atom. The number of hydrogen-bond acceptors (Lipinski definition) is 3. The zero-order chi connectivity index (χ0) is 13.8. The molecule has 19 heavy (non-hydrogen) atoms. The second kappa shape index (κ2) is 5.91. The summed E-state index contributed by atoms with van der Waals surface area (Å²) in [6.45, 7) is 0.257. The Bertz CT molecular complexity index is 616. The summed E-state index contributed by atoms with van der Waals surface area (Å²) >= 11 is 5.79. The molecule has 2 aromatic rings. The van der Waals surface area contributed by atoms with Gasteiger partial charge in [-0.2, -0.15) is 0 Å². The number of pyridine rings is 1. The quantitative estimate of drug-likeness (QED) is 0.875. The maximum absolute atomic E-state index is 13.5. The topological polar surface area (TPSA) is 56.0 Å². The molecule has 3 nitrogen and oxygen atoms in total. The van der Waals surface area contributed by atoms with Gasteiger partial charge in [0.1, 0.15) is 5.82 Å². The fraction of sp³-hybridized carbons (Fsp3) is 0.143. The second-order valence-electron chi connectivity index (χ2n) is 4.08. The summed E-state index contributed by atoms with van der Waals surface area (Å²) in [4.78, 5) is 16.1. The first-order chi connectivity index (χ1) is 9.10. The van der Waals surface area contributed by atoms with Gasteiger partial charge in [-0.05, 0) is 35.9 Å². The number of nitrogens with zero attached hydrogens (tertiary/aromatic N) is 1. The molecule has 1 aromatic carbocycles. The lowest BCUT2D eigenvalue weighted by molar-refractivity contribution is 0.0991. The Hall–Kier alpha value is -1.78. The normalized spacial score (nSPS) is 10.5. The predicted octanol–water partition coefficient (Wildman–Crippen LogP) is 2.76. The summed E-state index contributed by atoms with van der Waals surface area (Å²) < 4.78 is 13.5. The molecule has 98 valence electrons. The zero-order valence-electron chi connectivity index (χ0n) is 10.1. The van der Waals surface area contributed by atoms with E-state index in [9.17, 15) is 9.18 Å². The predicted molar refractivity (Wildman–Crippen MR) is 71.6 cm³/mol. The van der Waals surface area contributed by atoms with Crippen LogP contribution >= 0.6 is 11.6 Å². The van der Waals surface area contributed by atoms with E-state index in [4.69, 9.17) is 17.3 Å². The molecule has 0 aliphatic heterocycles. The molecule has 2 N–H and O–H groups in total. The van der Waals surface area contributed by atoms with Gasteiger partial charge < -0.3 is 5.73 Å². The highest BCUT2D eigenvalue weighted by Gasteiger charge is 2.11. The monoisotopic (exact) mass is 278 g/mol. The standard InChI is InChI=1S/C14H12ClFN2O/c15-11-1-2-13(16)10(5-11)7-14(19)9-3-4-18-12(6-9)8-17/h1-6H,7-8,17H2. The molecule has 5 heteroatoms. The van der Waals surface area contributed by atoms with Gasteiger partial charge in [-0.15, -0.1) is 0 Å². The number of ketones is 1. The number of rotatable bonds is 4. The van der Waals surface area contributed by atoms with Gasteiger partial charge in [-0.25, -0.2) is 4.39 Å². The molecular formula is C14H12ClFN2O. The minimum atomic E-state index is -0.439. The molecule has 0 aliphatic carbocycles. The molecule has 0 unspecified atom stereocenters. The van der Waals surface area contributed by atoms with E-state index >= 15 is 0 Å². The third kappa shape index (κ3) is 3.36. The fourth-order valence-electron chi connectivity index (χ4n) is 1.72. The van der Waals surface area contributed by atoms with E-state index in [1.165, 1.54) is 24.4 Å². The van der Waals surface area contributed by atoms with Gasteiger partial charge in [0, 0.05) is 29.7 Å². The molecule has 1 heterocycles. The summed E-state index contributed by atoms with van der Waals surface area (Å²) in [5.74, 6) is -0.635. The Labute approximate surface area is 115 Å². The summed E-state index contributed by atoms with van der Waals surface area (Å²) in [6, 6.07) is 7.36. The van der Waals surface area contributed by atoms with Crippen molar-refractivity contribution in [1.82, 2.24) is 4.98 Å². The number of benzene rings is 1. The van der Waals surface area contributed by atoms with Gasteiger partial charge in [0.25, 0.3) is 0 Å². The minimum Gasteiger partial charge on any atom is -0.325 e. The molecule has 0 fully saturated rings. The second-order valence-corrected chi connectivity index (χ2v) is 4.51. The van der Waals surface area contributed by atoms with Gasteiger partial charge in [0.2, 0.25) is 0 Å².